The van der Waals surface area contributed by atoms with Crippen LogP contribution in [0.15, 0.2) is 53.4 Å². The summed E-state index contributed by atoms with van der Waals surface area (Å²) in [6, 6.07) is 13.2. The Morgan fingerprint density at radius 2 is 1.79 bits per heavy atom. The lowest BCUT2D eigenvalue weighted by Crippen LogP contribution is -2.46. The molecular formula is C35H49N3O9S. The summed E-state index contributed by atoms with van der Waals surface area (Å²) in [7, 11) is -2.20. The maximum Gasteiger partial charge on any atom is 0.314 e. The second kappa shape index (κ2) is 18.4. The number of hydrogen-bond acceptors (Lipinski definition) is 9. The zero-order valence-electron chi connectivity index (χ0n) is 28.4. The quantitative estimate of drug-likeness (QED) is 0.283. The molecule has 2 N–H and O–H groups in total. The average Bonchev–Trinajstić information content (AvgIpc) is 3.07. The second-order valence-electron chi connectivity index (χ2n) is 12.4. The summed E-state index contributed by atoms with van der Waals surface area (Å²) >= 11 is 0. The van der Waals surface area contributed by atoms with Crippen molar-refractivity contribution in [2.45, 2.75) is 64.2 Å². The molecule has 0 saturated carbocycles. The molecule has 0 aliphatic carbocycles. The molecule has 2 aromatic carbocycles. The van der Waals surface area contributed by atoms with Gasteiger partial charge in [-0.05, 0) is 68.4 Å². The number of nitrogens with one attached hydrogen (secondary N) is 2. The molecule has 3 amide bonds. The Morgan fingerprint density at radius 3 is 2.48 bits per heavy atom. The summed E-state index contributed by atoms with van der Waals surface area (Å²) in [6.07, 6.45) is 1.56. The lowest BCUT2D eigenvalue weighted by Gasteiger charge is -2.33. The van der Waals surface area contributed by atoms with E-state index in [9.17, 15) is 27.6 Å². The molecule has 0 fully saturated rings. The fourth-order valence-corrected chi connectivity index (χ4v) is 6.72. The Hall–Kier alpha value is -4.13. The number of carbonyl (C=O) groups excluding carboxylic acids is 4. The van der Waals surface area contributed by atoms with E-state index in [4.69, 9.17) is 14.2 Å². The third kappa shape index (κ3) is 11.5. The molecule has 2 aliphatic rings. The lowest BCUT2D eigenvalue weighted by molar-refractivity contribution is -0.156. The molecule has 0 aromatic heterocycles. The van der Waals surface area contributed by atoms with Crippen LogP contribution in [-0.4, -0.2) is 89.3 Å². The Kier molecular flexibility index (Phi) is 14.7. The standard InChI is InChI=1S/C35H49N3O9S/c1-5-46-34(42)35(17-15-26(2)3)23-27-13-14-29(30(22-27)45-4)47-24-32(40)36-18-20-38(19-9-12-31(39)37-25-35)33(41)16-21-48(43,44)28-10-7-6-8-11-28/h6-8,10-11,13-14,22,26H,5,9,12,15-21,23-25H2,1-4H3,(H,36,40)(H,37,39). The van der Waals surface area contributed by atoms with Crippen LogP contribution in [0.1, 0.15) is 58.4 Å². The first-order valence-corrected chi connectivity index (χ1v) is 18.1. The predicted molar refractivity (Wildman–Crippen MR) is 180 cm³/mol. The van der Waals surface area contributed by atoms with Crippen LogP contribution >= 0.6 is 0 Å². The number of fused-ring (bicyclic) bond motifs is 16. The minimum Gasteiger partial charge on any atom is -0.493 e. The molecule has 1 unspecified atom stereocenters. The van der Waals surface area contributed by atoms with Gasteiger partial charge in [-0.15, -0.1) is 0 Å². The summed E-state index contributed by atoms with van der Waals surface area (Å²) in [4.78, 5) is 54.2. The summed E-state index contributed by atoms with van der Waals surface area (Å²) in [6.45, 7) is 6.18. The van der Waals surface area contributed by atoms with Crippen LogP contribution in [0.3, 0.4) is 0 Å². The Bertz CT molecular complexity index is 1500. The lowest BCUT2D eigenvalue weighted by atomic mass is 9.76. The van der Waals surface area contributed by atoms with E-state index in [1.165, 1.54) is 24.1 Å². The van der Waals surface area contributed by atoms with Crippen molar-refractivity contribution in [2.24, 2.45) is 11.3 Å². The molecule has 1 atom stereocenters. The van der Waals surface area contributed by atoms with Crippen LogP contribution < -0.4 is 20.1 Å². The number of nitrogens with zero attached hydrogens (tertiary/aromatic N) is 1. The molecule has 0 spiro atoms. The smallest absolute Gasteiger partial charge is 0.314 e. The van der Waals surface area contributed by atoms with Gasteiger partial charge in [0.15, 0.2) is 27.9 Å². The predicted octanol–water partition coefficient (Wildman–Crippen LogP) is 3.32. The second-order valence-corrected chi connectivity index (χ2v) is 14.5. The summed E-state index contributed by atoms with van der Waals surface area (Å²) in [5, 5.41) is 5.68. The molecular weight excluding hydrogens is 638 g/mol. The third-order valence-corrected chi connectivity index (χ3v) is 9.97. The molecule has 264 valence electrons. The van der Waals surface area contributed by atoms with Crippen molar-refractivity contribution in [1.29, 1.82) is 0 Å². The number of methoxy groups -OCH3 is 1. The van der Waals surface area contributed by atoms with Crippen molar-refractivity contribution < 1.29 is 41.8 Å². The fraction of sp³-hybridized carbons (Fsp3) is 0.543. The van der Waals surface area contributed by atoms with Gasteiger partial charge in [0.1, 0.15) is 0 Å². The zero-order chi connectivity index (χ0) is 35.2. The zero-order valence-corrected chi connectivity index (χ0v) is 29.2. The topological polar surface area (TPSA) is 157 Å². The van der Waals surface area contributed by atoms with Gasteiger partial charge in [-0.3, -0.25) is 19.2 Å². The Labute approximate surface area is 283 Å². The van der Waals surface area contributed by atoms with Gasteiger partial charge in [0, 0.05) is 39.0 Å². The minimum absolute atomic E-state index is 0.0520. The van der Waals surface area contributed by atoms with Crippen LogP contribution in [0.25, 0.3) is 0 Å². The largest absolute Gasteiger partial charge is 0.493 e. The highest BCUT2D eigenvalue weighted by Crippen LogP contribution is 2.35. The van der Waals surface area contributed by atoms with E-state index < -0.39 is 33.0 Å². The van der Waals surface area contributed by atoms with Crippen LogP contribution in [0.5, 0.6) is 11.5 Å². The molecule has 0 radical (unpaired) electrons. The first kappa shape index (κ1) is 38.3. The summed E-state index contributed by atoms with van der Waals surface area (Å²) < 4.78 is 42.4. The SMILES string of the molecule is CCOC(=O)C1(CCC(C)C)CNC(=O)CCCN(C(=O)CCS(=O)(=O)c2ccccc2)CCNC(=O)COc2ccc(cc2OC)C1. The average molecular weight is 688 g/mol. The van der Waals surface area contributed by atoms with Gasteiger partial charge in [0.2, 0.25) is 11.8 Å². The number of esters is 1. The molecule has 12 nitrogen and oxygen atoms in total. The molecule has 2 aliphatic heterocycles. The van der Waals surface area contributed by atoms with Gasteiger partial charge in [-0.2, -0.15) is 0 Å². The summed E-state index contributed by atoms with van der Waals surface area (Å²) in [5.41, 5.74) is -0.283. The molecule has 4 rings (SSSR count). The minimum atomic E-state index is -3.68. The monoisotopic (exact) mass is 687 g/mol. The highest BCUT2D eigenvalue weighted by molar-refractivity contribution is 7.91. The molecule has 0 saturated heterocycles. The van der Waals surface area contributed by atoms with Gasteiger partial charge in [-0.1, -0.05) is 38.1 Å². The van der Waals surface area contributed by atoms with E-state index in [1.54, 1.807) is 43.3 Å². The van der Waals surface area contributed by atoms with Crippen molar-refractivity contribution in [1.82, 2.24) is 15.5 Å². The van der Waals surface area contributed by atoms with Gasteiger partial charge in [-0.25, -0.2) is 8.42 Å². The van der Waals surface area contributed by atoms with E-state index in [0.29, 0.717) is 23.8 Å². The number of benzene rings is 2. The van der Waals surface area contributed by atoms with Crippen molar-refractivity contribution in [3.05, 3.63) is 54.1 Å². The van der Waals surface area contributed by atoms with Crippen molar-refractivity contribution in [3.8, 4) is 11.5 Å². The van der Waals surface area contributed by atoms with Gasteiger partial charge in [0.05, 0.1) is 29.8 Å². The number of amides is 3. The van der Waals surface area contributed by atoms with Crippen LogP contribution in [0.4, 0.5) is 0 Å². The number of sulfone groups is 1. The van der Waals surface area contributed by atoms with Crippen LogP contribution in [0.2, 0.25) is 0 Å². The Morgan fingerprint density at radius 1 is 1.04 bits per heavy atom. The van der Waals surface area contributed by atoms with Gasteiger partial charge >= 0.3 is 5.97 Å². The number of ether oxygens (including phenoxy) is 3. The number of carbonyl (C=O) groups is 4. The van der Waals surface area contributed by atoms with E-state index in [2.05, 4.69) is 24.5 Å². The van der Waals surface area contributed by atoms with Crippen molar-refractivity contribution in [2.75, 3.05) is 52.3 Å². The first-order chi connectivity index (χ1) is 22.9. The molecule has 2 heterocycles. The Balaban J connectivity index is 1.84. The van der Waals surface area contributed by atoms with E-state index >= 15 is 0 Å². The van der Waals surface area contributed by atoms with E-state index in [0.717, 1.165) is 12.0 Å². The van der Waals surface area contributed by atoms with Crippen molar-refractivity contribution >= 4 is 33.5 Å². The van der Waals surface area contributed by atoms with Crippen LogP contribution in [0, 0.1) is 11.3 Å². The van der Waals surface area contributed by atoms with E-state index in [1.807, 2.05) is 0 Å². The van der Waals surface area contributed by atoms with Gasteiger partial charge in [0.25, 0.3) is 5.91 Å². The molecule has 2 bridgehead atoms. The van der Waals surface area contributed by atoms with Crippen molar-refractivity contribution in [3.63, 3.8) is 0 Å². The number of hydrogen-bond donors (Lipinski definition) is 2. The van der Waals surface area contributed by atoms with Gasteiger partial charge < -0.3 is 29.7 Å². The molecule has 13 heteroatoms. The fourth-order valence-electron chi connectivity index (χ4n) is 5.46. The summed E-state index contributed by atoms with van der Waals surface area (Å²) in [5.74, 6) is -0.895. The highest BCUT2D eigenvalue weighted by Gasteiger charge is 2.40. The van der Waals surface area contributed by atoms with E-state index in [-0.39, 0.29) is 81.6 Å². The third-order valence-electron chi connectivity index (χ3n) is 8.24. The van der Waals surface area contributed by atoms with Crippen LogP contribution in [-0.2, 0) is 40.2 Å². The number of rotatable bonds is 10. The molecule has 48 heavy (non-hydrogen) atoms. The normalized spacial score (nSPS) is 18.5. The maximum absolute atomic E-state index is 13.6. The molecule has 2 aromatic rings. The first-order valence-electron chi connectivity index (χ1n) is 16.4. The highest BCUT2D eigenvalue weighted by atomic mass is 32.2. The maximum atomic E-state index is 13.6.